The van der Waals surface area contributed by atoms with Gasteiger partial charge in [-0.2, -0.15) is 5.10 Å². The number of benzene rings is 1. The van der Waals surface area contributed by atoms with Gasteiger partial charge in [0.2, 0.25) is 0 Å². The van der Waals surface area contributed by atoms with Crippen molar-refractivity contribution in [2.45, 2.75) is 53.4 Å². The molecule has 0 spiro atoms. The molecule has 1 atom stereocenters. The summed E-state index contributed by atoms with van der Waals surface area (Å²) in [4.78, 5) is 12.6. The highest BCUT2D eigenvalue weighted by Gasteiger charge is 2.32. The number of aryl methyl sites for hydroxylation is 2. The number of carbonyl (C=O) groups is 1. The van der Waals surface area contributed by atoms with Crippen molar-refractivity contribution in [3.63, 3.8) is 0 Å². The smallest absolute Gasteiger partial charge is 0.272 e. The van der Waals surface area contributed by atoms with Crippen LogP contribution in [0, 0.1) is 18.3 Å². The van der Waals surface area contributed by atoms with E-state index in [9.17, 15) is 4.79 Å². The number of aromatic amines is 1. The Labute approximate surface area is 161 Å². The molecule has 0 aliphatic heterocycles. The number of nitrogens with one attached hydrogen (secondary N) is 2. The second-order valence-electron chi connectivity index (χ2n) is 8.56. The molecular weight excluding hydrogens is 338 g/mol. The summed E-state index contributed by atoms with van der Waals surface area (Å²) in [5.74, 6) is 1.40. The van der Waals surface area contributed by atoms with Crippen LogP contribution < -0.4 is 10.1 Å². The highest BCUT2D eigenvalue weighted by Crippen LogP contribution is 2.37. The third kappa shape index (κ3) is 4.71. The van der Waals surface area contributed by atoms with Crippen molar-refractivity contribution in [1.82, 2.24) is 15.5 Å². The van der Waals surface area contributed by atoms with Crippen LogP contribution in [0.4, 0.5) is 0 Å². The molecule has 3 rings (SSSR count). The zero-order valence-corrected chi connectivity index (χ0v) is 16.9. The second-order valence-corrected chi connectivity index (χ2v) is 8.56. The number of carbonyl (C=O) groups excluding carboxylic acids is 1. The molecule has 1 heterocycles. The Morgan fingerprint density at radius 2 is 2.11 bits per heavy atom. The summed E-state index contributed by atoms with van der Waals surface area (Å²) in [5, 5.41) is 10.4. The van der Waals surface area contributed by atoms with Crippen molar-refractivity contribution in [3.8, 4) is 5.75 Å². The third-order valence-electron chi connectivity index (χ3n) is 5.54. The van der Waals surface area contributed by atoms with Crippen LogP contribution in [0.2, 0.25) is 0 Å². The molecule has 0 bridgehead atoms. The normalized spacial score (nSPS) is 16.7. The average molecular weight is 370 g/mol. The van der Waals surface area contributed by atoms with Gasteiger partial charge in [0.15, 0.2) is 5.69 Å². The summed E-state index contributed by atoms with van der Waals surface area (Å²) in [6, 6.07) is 7.96. The number of ether oxygens (including phenoxy) is 1. The predicted molar refractivity (Wildman–Crippen MR) is 107 cm³/mol. The zero-order chi connectivity index (χ0) is 19.4. The van der Waals surface area contributed by atoms with E-state index < -0.39 is 0 Å². The number of nitrogens with zero attached hydrogens (tertiary/aromatic N) is 1. The predicted octanol–water partition coefficient (Wildman–Crippen LogP) is 4.07. The minimum atomic E-state index is -0.0852. The molecule has 5 heteroatoms. The highest BCUT2D eigenvalue weighted by molar-refractivity contribution is 5.94. The number of para-hydroxylation sites is 1. The minimum Gasteiger partial charge on any atom is -0.493 e. The van der Waals surface area contributed by atoms with E-state index in [4.69, 9.17) is 4.74 Å². The van der Waals surface area contributed by atoms with Crippen molar-refractivity contribution in [1.29, 1.82) is 0 Å². The van der Waals surface area contributed by atoms with Gasteiger partial charge in [-0.05, 0) is 55.6 Å². The van der Waals surface area contributed by atoms with Crippen LogP contribution in [0.15, 0.2) is 24.3 Å². The number of rotatable bonds is 6. The number of hydrogen-bond donors (Lipinski definition) is 2. The van der Waals surface area contributed by atoms with Gasteiger partial charge in [0.05, 0.1) is 6.61 Å². The van der Waals surface area contributed by atoms with Gasteiger partial charge in [-0.15, -0.1) is 0 Å². The standard InChI is InChI=1S/C22H31N3O2/c1-15-8-5-6-9-19(15)27-13-7-12-23-21(26)20-17-14-16(22(2,3)4)10-11-18(17)24-25-20/h5-6,8-9,16H,7,10-14H2,1-4H3,(H,23,26)(H,24,25)/t16-/m0/s1. The quantitative estimate of drug-likeness (QED) is 0.754. The number of aromatic nitrogens is 2. The lowest BCUT2D eigenvalue weighted by atomic mass is 9.71. The van der Waals surface area contributed by atoms with Gasteiger partial charge >= 0.3 is 0 Å². The summed E-state index contributed by atoms with van der Waals surface area (Å²) in [7, 11) is 0. The fraction of sp³-hybridized carbons (Fsp3) is 0.545. The van der Waals surface area contributed by atoms with Crippen molar-refractivity contribution in [2.75, 3.05) is 13.2 Å². The topological polar surface area (TPSA) is 67.0 Å². The minimum absolute atomic E-state index is 0.0852. The molecule has 5 nitrogen and oxygen atoms in total. The Hall–Kier alpha value is -2.30. The molecule has 1 amide bonds. The molecule has 0 saturated heterocycles. The summed E-state index contributed by atoms with van der Waals surface area (Å²) in [6.07, 6.45) is 3.81. The van der Waals surface area contributed by atoms with Gasteiger partial charge in [0, 0.05) is 17.8 Å². The van der Waals surface area contributed by atoms with Gasteiger partial charge in [-0.3, -0.25) is 9.89 Å². The Balaban J connectivity index is 1.50. The van der Waals surface area contributed by atoms with E-state index in [-0.39, 0.29) is 11.3 Å². The lowest BCUT2D eigenvalue weighted by molar-refractivity contribution is 0.0944. The van der Waals surface area contributed by atoms with E-state index >= 15 is 0 Å². The van der Waals surface area contributed by atoms with E-state index in [0.29, 0.717) is 24.8 Å². The molecule has 1 aromatic carbocycles. The van der Waals surface area contributed by atoms with E-state index in [1.54, 1.807) is 0 Å². The molecule has 0 fully saturated rings. The second kappa shape index (κ2) is 8.15. The van der Waals surface area contributed by atoms with Gasteiger partial charge in [0.1, 0.15) is 5.75 Å². The molecular formula is C22H31N3O2. The molecule has 1 aromatic heterocycles. The number of fused-ring (bicyclic) bond motifs is 1. The summed E-state index contributed by atoms with van der Waals surface area (Å²) in [6.45, 7) is 10.0. The summed E-state index contributed by atoms with van der Waals surface area (Å²) >= 11 is 0. The van der Waals surface area contributed by atoms with Gasteiger partial charge in [0.25, 0.3) is 5.91 Å². The van der Waals surface area contributed by atoms with E-state index in [1.165, 1.54) is 0 Å². The zero-order valence-electron chi connectivity index (χ0n) is 16.9. The number of H-pyrrole nitrogens is 1. The van der Waals surface area contributed by atoms with Crippen LogP contribution in [-0.4, -0.2) is 29.3 Å². The van der Waals surface area contributed by atoms with Gasteiger partial charge < -0.3 is 10.1 Å². The monoisotopic (exact) mass is 369 g/mol. The fourth-order valence-corrected chi connectivity index (χ4v) is 3.68. The van der Waals surface area contributed by atoms with E-state index in [1.807, 2.05) is 31.2 Å². The molecule has 1 aliphatic carbocycles. The Kier molecular flexibility index (Phi) is 5.88. The van der Waals surface area contributed by atoms with Crippen molar-refractivity contribution in [3.05, 3.63) is 46.8 Å². The first-order chi connectivity index (χ1) is 12.9. The van der Waals surface area contributed by atoms with Gasteiger partial charge in [-0.1, -0.05) is 39.0 Å². The maximum absolute atomic E-state index is 12.6. The SMILES string of the molecule is Cc1ccccc1OCCCNC(=O)c1n[nH]c2c1C[C@@H](C(C)(C)C)CC2. The lowest BCUT2D eigenvalue weighted by Gasteiger charge is -2.33. The Bertz CT molecular complexity index is 789. The molecule has 146 valence electrons. The molecule has 0 unspecified atom stereocenters. The lowest BCUT2D eigenvalue weighted by Crippen LogP contribution is -2.30. The van der Waals surface area contributed by atoms with Crippen LogP contribution >= 0.6 is 0 Å². The first-order valence-corrected chi connectivity index (χ1v) is 9.89. The largest absolute Gasteiger partial charge is 0.493 e. The number of amides is 1. The first-order valence-electron chi connectivity index (χ1n) is 9.89. The maximum atomic E-state index is 12.6. The molecule has 27 heavy (non-hydrogen) atoms. The van der Waals surface area contributed by atoms with Crippen LogP contribution in [-0.2, 0) is 12.8 Å². The summed E-state index contributed by atoms with van der Waals surface area (Å²) < 4.78 is 5.78. The van der Waals surface area contributed by atoms with Crippen LogP contribution in [0.1, 0.15) is 60.9 Å². The van der Waals surface area contributed by atoms with Crippen molar-refractivity contribution < 1.29 is 9.53 Å². The summed E-state index contributed by atoms with van der Waals surface area (Å²) in [5.41, 5.74) is 4.17. The van der Waals surface area contributed by atoms with Crippen LogP contribution in [0.5, 0.6) is 5.75 Å². The maximum Gasteiger partial charge on any atom is 0.272 e. The average Bonchev–Trinajstić information content (AvgIpc) is 3.05. The molecule has 0 saturated carbocycles. The van der Waals surface area contributed by atoms with E-state index in [2.05, 4.69) is 36.3 Å². The Morgan fingerprint density at radius 3 is 2.85 bits per heavy atom. The third-order valence-corrected chi connectivity index (χ3v) is 5.54. The van der Waals surface area contributed by atoms with E-state index in [0.717, 1.165) is 48.3 Å². The van der Waals surface area contributed by atoms with Crippen LogP contribution in [0.3, 0.4) is 0 Å². The van der Waals surface area contributed by atoms with Crippen molar-refractivity contribution >= 4 is 5.91 Å². The molecule has 2 N–H and O–H groups in total. The first kappa shape index (κ1) is 19.5. The Morgan fingerprint density at radius 1 is 1.33 bits per heavy atom. The van der Waals surface area contributed by atoms with Gasteiger partial charge in [-0.25, -0.2) is 0 Å². The number of hydrogen-bond acceptors (Lipinski definition) is 3. The molecule has 0 radical (unpaired) electrons. The fourth-order valence-electron chi connectivity index (χ4n) is 3.68. The highest BCUT2D eigenvalue weighted by atomic mass is 16.5. The molecule has 1 aliphatic rings. The van der Waals surface area contributed by atoms with Crippen molar-refractivity contribution in [2.24, 2.45) is 11.3 Å². The molecule has 2 aromatic rings. The van der Waals surface area contributed by atoms with Crippen LogP contribution in [0.25, 0.3) is 0 Å².